The quantitative estimate of drug-likeness (QED) is 0.660. The molecule has 5 heteroatoms. The van der Waals surface area contributed by atoms with Gasteiger partial charge in [0.25, 0.3) is 0 Å². The Morgan fingerprint density at radius 1 is 1.09 bits per heavy atom. The van der Waals surface area contributed by atoms with E-state index in [4.69, 9.17) is 9.31 Å². The highest BCUT2D eigenvalue weighted by Gasteiger charge is 2.51. The van der Waals surface area contributed by atoms with E-state index in [1.165, 1.54) is 29.5 Å². The topological polar surface area (TPSA) is 30.5 Å². The summed E-state index contributed by atoms with van der Waals surface area (Å²) in [6.45, 7) is 13.7. The van der Waals surface area contributed by atoms with Crippen molar-refractivity contribution in [2.24, 2.45) is 0 Å². The molecule has 1 saturated heterocycles. The van der Waals surface area contributed by atoms with Crippen LogP contribution in [-0.4, -0.2) is 23.6 Å². The minimum atomic E-state index is -0.291. The van der Waals surface area contributed by atoms with Crippen molar-refractivity contribution < 1.29 is 9.31 Å². The molecule has 23 heavy (non-hydrogen) atoms. The molecule has 3 nitrogen and oxygen atoms in total. The summed E-state index contributed by atoms with van der Waals surface area (Å²) in [5, 5.41) is 0.833. The van der Waals surface area contributed by atoms with Gasteiger partial charge < -0.3 is 9.31 Å². The van der Waals surface area contributed by atoms with Crippen molar-refractivity contribution in [2.75, 3.05) is 0 Å². The van der Waals surface area contributed by atoms with Crippen molar-refractivity contribution in [3.8, 4) is 0 Å². The van der Waals surface area contributed by atoms with E-state index in [9.17, 15) is 0 Å². The van der Waals surface area contributed by atoms with Crippen molar-refractivity contribution in [3.63, 3.8) is 0 Å². The molecule has 1 heterocycles. The molecular formula is C18H28BNO2S. The maximum atomic E-state index is 6.18. The number of hydrogen-bond acceptors (Lipinski definition) is 4. The Hall–Kier alpha value is -0.485. The van der Waals surface area contributed by atoms with E-state index < -0.39 is 0 Å². The largest absolute Gasteiger partial charge is 0.494 e. The zero-order valence-electron chi connectivity index (χ0n) is 15.2. The van der Waals surface area contributed by atoms with Crippen LogP contribution >= 0.6 is 11.9 Å². The van der Waals surface area contributed by atoms with Crippen LogP contribution in [0.4, 0.5) is 0 Å². The van der Waals surface area contributed by atoms with Crippen molar-refractivity contribution in [3.05, 3.63) is 28.8 Å². The second-order valence-corrected chi connectivity index (χ2v) is 9.05. The standard InChI is InChI=1S/C18H28BNO2S/c1-12-9-14(19-21-17(3,4)18(5,6)22-19)10-13(2)16(12)11-20-23-15-7-8-15/h9-10,15,20H,7-8,11H2,1-6H3. The predicted molar refractivity (Wildman–Crippen MR) is 99.1 cm³/mol. The summed E-state index contributed by atoms with van der Waals surface area (Å²) in [4.78, 5) is 0. The van der Waals surface area contributed by atoms with Gasteiger partial charge in [-0.2, -0.15) is 0 Å². The van der Waals surface area contributed by atoms with Gasteiger partial charge in [0.1, 0.15) is 0 Å². The number of nitrogens with one attached hydrogen (secondary N) is 1. The molecule has 0 aromatic heterocycles. The van der Waals surface area contributed by atoms with Crippen LogP contribution in [0.3, 0.4) is 0 Å². The van der Waals surface area contributed by atoms with Crippen LogP contribution in [-0.2, 0) is 15.9 Å². The van der Waals surface area contributed by atoms with Gasteiger partial charge >= 0.3 is 7.12 Å². The van der Waals surface area contributed by atoms with Crippen molar-refractivity contribution >= 4 is 24.5 Å². The fourth-order valence-electron chi connectivity index (χ4n) is 2.84. The first-order chi connectivity index (χ1) is 10.7. The van der Waals surface area contributed by atoms with Gasteiger partial charge in [0.2, 0.25) is 0 Å². The molecule has 1 N–H and O–H groups in total. The Bertz CT molecular complexity index is 560. The van der Waals surface area contributed by atoms with Gasteiger partial charge in [0, 0.05) is 11.8 Å². The minimum absolute atomic E-state index is 0.278. The van der Waals surface area contributed by atoms with E-state index in [-0.39, 0.29) is 18.3 Å². The molecule has 2 aliphatic rings. The lowest BCUT2D eigenvalue weighted by Crippen LogP contribution is -2.41. The van der Waals surface area contributed by atoms with E-state index >= 15 is 0 Å². The summed E-state index contributed by atoms with van der Waals surface area (Å²) in [6, 6.07) is 4.43. The third kappa shape index (κ3) is 3.63. The van der Waals surface area contributed by atoms with Crippen molar-refractivity contribution in [2.45, 2.75) is 77.4 Å². The SMILES string of the molecule is Cc1cc(B2OC(C)(C)C(C)(C)O2)cc(C)c1CNSC1CC1. The first kappa shape index (κ1) is 17.3. The molecular weight excluding hydrogens is 305 g/mol. The van der Waals surface area contributed by atoms with E-state index in [0.29, 0.717) is 0 Å². The second-order valence-electron chi connectivity index (χ2n) is 7.86. The molecule has 0 atom stereocenters. The monoisotopic (exact) mass is 333 g/mol. The molecule has 1 aromatic rings. The Kier molecular flexibility index (Phi) is 4.60. The normalized spacial score (nSPS) is 22.6. The molecule has 126 valence electrons. The number of hydrogen-bond donors (Lipinski definition) is 1. The highest BCUT2D eigenvalue weighted by molar-refractivity contribution is 7.98. The third-order valence-electron chi connectivity index (χ3n) is 5.27. The van der Waals surface area contributed by atoms with Crippen LogP contribution in [0.15, 0.2) is 12.1 Å². The van der Waals surface area contributed by atoms with E-state index in [0.717, 1.165) is 17.3 Å². The Labute approximate surface area is 145 Å². The molecule has 0 unspecified atom stereocenters. The Morgan fingerprint density at radius 2 is 1.61 bits per heavy atom. The maximum Gasteiger partial charge on any atom is 0.494 e. The van der Waals surface area contributed by atoms with E-state index in [1.54, 1.807) is 0 Å². The molecule has 0 bridgehead atoms. The van der Waals surface area contributed by atoms with Crippen LogP contribution in [0.5, 0.6) is 0 Å². The summed E-state index contributed by atoms with van der Waals surface area (Å²) in [7, 11) is -0.278. The highest BCUT2D eigenvalue weighted by Crippen LogP contribution is 2.36. The van der Waals surface area contributed by atoms with Crippen LogP contribution in [0.25, 0.3) is 0 Å². The first-order valence-corrected chi connectivity index (χ1v) is 9.42. The Balaban J connectivity index is 1.74. The smallest absolute Gasteiger partial charge is 0.399 e. The van der Waals surface area contributed by atoms with Gasteiger partial charge in [-0.3, -0.25) is 4.72 Å². The summed E-state index contributed by atoms with van der Waals surface area (Å²) in [5.74, 6) is 0. The number of benzene rings is 1. The molecule has 1 aliphatic heterocycles. The van der Waals surface area contributed by atoms with Crippen molar-refractivity contribution in [1.82, 2.24) is 4.72 Å². The summed E-state index contributed by atoms with van der Waals surface area (Å²) in [5.41, 5.74) is 4.54. The average molecular weight is 333 g/mol. The summed E-state index contributed by atoms with van der Waals surface area (Å²) >= 11 is 1.88. The maximum absolute atomic E-state index is 6.18. The van der Waals surface area contributed by atoms with Gasteiger partial charge in [-0.05, 0) is 76.5 Å². The second kappa shape index (κ2) is 6.10. The van der Waals surface area contributed by atoms with Crippen LogP contribution < -0.4 is 10.2 Å². The van der Waals surface area contributed by atoms with E-state index in [2.05, 4.69) is 58.4 Å². The molecule has 0 amide bonds. The lowest BCUT2D eigenvalue weighted by molar-refractivity contribution is 0.00578. The highest BCUT2D eigenvalue weighted by atomic mass is 32.2. The van der Waals surface area contributed by atoms with Gasteiger partial charge in [-0.1, -0.05) is 24.1 Å². The molecule has 3 rings (SSSR count). The first-order valence-electron chi connectivity index (χ1n) is 8.54. The molecule has 1 aliphatic carbocycles. The average Bonchev–Trinajstić information content (AvgIpc) is 3.20. The molecule has 1 saturated carbocycles. The predicted octanol–water partition coefficient (Wildman–Crippen LogP) is 3.50. The molecule has 2 fully saturated rings. The number of aryl methyl sites for hydroxylation is 2. The molecule has 0 spiro atoms. The summed E-state index contributed by atoms with van der Waals surface area (Å²) < 4.78 is 15.9. The third-order valence-corrected chi connectivity index (χ3v) is 6.38. The van der Waals surface area contributed by atoms with Crippen LogP contribution in [0.2, 0.25) is 0 Å². The van der Waals surface area contributed by atoms with Crippen molar-refractivity contribution in [1.29, 1.82) is 0 Å². The van der Waals surface area contributed by atoms with Gasteiger partial charge in [0.05, 0.1) is 11.2 Å². The molecule has 1 aromatic carbocycles. The van der Waals surface area contributed by atoms with Crippen LogP contribution in [0.1, 0.15) is 57.2 Å². The van der Waals surface area contributed by atoms with E-state index in [1.807, 2.05) is 11.9 Å². The Morgan fingerprint density at radius 3 is 2.09 bits per heavy atom. The minimum Gasteiger partial charge on any atom is -0.399 e. The fourth-order valence-corrected chi connectivity index (χ4v) is 3.67. The van der Waals surface area contributed by atoms with Crippen LogP contribution in [0, 0.1) is 13.8 Å². The zero-order chi connectivity index (χ0) is 16.8. The zero-order valence-corrected chi connectivity index (χ0v) is 16.0. The van der Waals surface area contributed by atoms with Gasteiger partial charge in [-0.25, -0.2) is 0 Å². The fraction of sp³-hybridized carbons (Fsp3) is 0.667. The van der Waals surface area contributed by atoms with Gasteiger partial charge in [-0.15, -0.1) is 0 Å². The lowest BCUT2D eigenvalue weighted by Gasteiger charge is -2.32. The van der Waals surface area contributed by atoms with Gasteiger partial charge in [0.15, 0.2) is 0 Å². The molecule has 0 radical (unpaired) electrons. The lowest BCUT2D eigenvalue weighted by atomic mass is 9.76. The summed E-state index contributed by atoms with van der Waals surface area (Å²) in [6.07, 6.45) is 2.72. The number of rotatable bonds is 5.